The Morgan fingerprint density at radius 1 is 1.29 bits per heavy atom. The molecule has 0 saturated heterocycles. The molecule has 0 fully saturated rings. The van der Waals surface area contributed by atoms with Crippen LogP contribution in [-0.4, -0.2) is 36.3 Å². The molecule has 2 aromatic carbocycles. The summed E-state index contributed by atoms with van der Waals surface area (Å²) in [7, 11) is 5.05. The van der Waals surface area contributed by atoms with Crippen molar-refractivity contribution >= 4 is 34.1 Å². The molecule has 0 aliphatic rings. The van der Waals surface area contributed by atoms with Gasteiger partial charge in [-0.15, -0.1) is 0 Å². The van der Waals surface area contributed by atoms with E-state index >= 15 is 0 Å². The molecule has 3 rings (SSSR count). The van der Waals surface area contributed by atoms with Crippen LogP contribution in [0.15, 0.2) is 47.0 Å². The van der Waals surface area contributed by atoms with Gasteiger partial charge in [0.15, 0.2) is 0 Å². The molecule has 0 atom stereocenters. The first-order valence-corrected chi connectivity index (χ1v) is 8.58. The smallest absolute Gasteiger partial charge is 0.293 e. The van der Waals surface area contributed by atoms with Crippen LogP contribution in [0.3, 0.4) is 0 Å². The highest BCUT2D eigenvalue weighted by Gasteiger charge is 2.17. The van der Waals surface area contributed by atoms with Gasteiger partial charge in [-0.25, -0.2) is 0 Å². The van der Waals surface area contributed by atoms with Crippen molar-refractivity contribution < 1.29 is 14.2 Å². The van der Waals surface area contributed by atoms with Crippen molar-refractivity contribution in [2.45, 2.75) is 0 Å². The first kappa shape index (κ1) is 19.4. The fraction of sp³-hybridized carbons (Fsp3) is 0.158. The minimum Gasteiger partial charge on any atom is -0.497 e. The highest BCUT2D eigenvalue weighted by Crippen LogP contribution is 2.30. The molecule has 9 heteroatoms. The summed E-state index contributed by atoms with van der Waals surface area (Å²) in [5.41, 5.74) is 1.73. The van der Waals surface area contributed by atoms with Crippen molar-refractivity contribution in [1.82, 2.24) is 10.1 Å². The molecule has 0 aliphatic carbocycles. The number of aromatic nitrogens is 2. The summed E-state index contributed by atoms with van der Waals surface area (Å²) >= 11 is 6.29. The van der Waals surface area contributed by atoms with E-state index in [-0.39, 0.29) is 16.6 Å². The fourth-order valence-electron chi connectivity index (χ4n) is 2.56. The maximum atomic E-state index is 11.3. The highest BCUT2D eigenvalue weighted by atomic mass is 35.5. The van der Waals surface area contributed by atoms with Gasteiger partial charge < -0.3 is 14.2 Å². The second-order valence-electron chi connectivity index (χ2n) is 6.05. The Balaban J connectivity index is 1.91. The van der Waals surface area contributed by atoms with Crippen LogP contribution in [-0.2, 0) is 0 Å². The third-order valence-electron chi connectivity index (χ3n) is 3.93. The van der Waals surface area contributed by atoms with E-state index in [1.165, 1.54) is 12.1 Å². The largest absolute Gasteiger partial charge is 0.497 e. The quantitative estimate of drug-likeness (QED) is 0.445. The van der Waals surface area contributed by atoms with Gasteiger partial charge >= 0.3 is 0 Å². The lowest BCUT2D eigenvalue weighted by atomic mass is 10.1. The monoisotopic (exact) mass is 400 g/mol. The number of ether oxygens (including phenoxy) is 1. The Bertz CT molecular complexity index is 1050. The summed E-state index contributed by atoms with van der Waals surface area (Å²) in [5.74, 6) is 1.13. The molecule has 0 unspecified atom stereocenters. The summed E-state index contributed by atoms with van der Waals surface area (Å²) in [4.78, 5) is 16.8. The number of benzene rings is 2. The Morgan fingerprint density at radius 2 is 2.07 bits per heavy atom. The van der Waals surface area contributed by atoms with Crippen LogP contribution in [0.1, 0.15) is 11.5 Å². The predicted octanol–water partition coefficient (Wildman–Crippen LogP) is 4.46. The molecular weight excluding hydrogens is 384 g/mol. The molecule has 0 bridgehead atoms. The van der Waals surface area contributed by atoms with E-state index in [0.717, 1.165) is 0 Å². The summed E-state index contributed by atoms with van der Waals surface area (Å²) in [6.07, 6.45) is 1.54. The molecule has 0 spiro atoms. The summed E-state index contributed by atoms with van der Waals surface area (Å²) in [5, 5.41) is 15.4. The van der Waals surface area contributed by atoms with Crippen molar-refractivity contribution in [3.63, 3.8) is 0 Å². The molecule has 0 aliphatic heterocycles. The molecule has 28 heavy (non-hydrogen) atoms. The number of nitro benzene ring substituents is 1. The third-order valence-corrected chi connectivity index (χ3v) is 4.20. The van der Waals surface area contributed by atoms with Crippen LogP contribution in [0, 0.1) is 10.1 Å². The van der Waals surface area contributed by atoms with Gasteiger partial charge in [0, 0.05) is 25.7 Å². The van der Waals surface area contributed by atoms with Gasteiger partial charge in [0.05, 0.1) is 12.0 Å². The van der Waals surface area contributed by atoms with Crippen molar-refractivity contribution in [3.05, 3.63) is 64.0 Å². The minimum absolute atomic E-state index is 0.0224. The van der Waals surface area contributed by atoms with Gasteiger partial charge in [-0.05, 0) is 29.8 Å². The van der Waals surface area contributed by atoms with Crippen molar-refractivity contribution in [1.29, 1.82) is 0 Å². The van der Waals surface area contributed by atoms with Gasteiger partial charge in [0.1, 0.15) is 16.5 Å². The predicted molar refractivity (Wildman–Crippen MR) is 107 cm³/mol. The van der Waals surface area contributed by atoms with E-state index in [0.29, 0.717) is 28.4 Å². The lowest BCUT2D eigenvalue weighted by Gasteiger charge is -2.12. The number of nitro groups is 1. The van der Waals surface area contributed by atoms with E-state index < -0.39 is 4.92 Å². The van der Waals surface area contributed by atoms with Crippen molar-refractivity contribution in [2.75, 3.05) is 26.1 Å². The number of methoxy groups -OCH3 is 1. The van der Waals surface area contributed by atoms with Gasteiger partial charge in [-0.1, -0.05) is 35.0 Å². The lowest BCUT2D eigenvalue weighted by Crippen LogP contribution is -2.10. The van der Waals surface area contributed by atoms with E-state index in [1.807, 2.05) is 18.2 Å². The van der Waals surface area contributed by atoms with Crippen LogP contribution in [0.25, 0.3) is 22.5 Å². The second-order valence-corrected chi connectivity index (χ2v) is 6.45. The molecule has 144 valence electrons. The lowest BCUT2D eigenvalue weighted by molar-refractivity contribution is -0.384. The van der Waals surface area contributed by atoms with Gasteiger partial charge in [-0.2, -0.15) is 4.98 Å². The Hall–Kier alpha value is -3.39. The third kappa shape index (κ3) is 4.12. The molecule has 0 N–H and O–H groups in total. The number of rotatable bonds is 6. The molecule has 1 heterocycles. The number of hydrogen-bond donors (Lipinski definition) is 0. The molecule has 0 amide bonds. The maximum Gasteiger partial charge on any atom is 0.293 e. The number of nitrogens with zero attached hydrogens (tertiary/aromatic N) is 4. The van der Waals surface area contributed by atoms with Crippen LogP contribution in [0.2, 0.25) is 0 Å². The van der Waals surface area contributed by atoms with E-state index in [4.69, 9.17) is 20.9 Å². The van der Waals surface area contributed by atoms with Crippen molar-refractivity contribution in [2.24, 2.45) is 0 Å². The normalized spacial score (nSPS) is 11.4. The van der Waals surface area contributed by atoms with Gasteiger partial charge in [-0.3, -0.25) is 10.1 Å². The maximum absolute atomic E-state index is 11.3. The zero-order valence-corrected chi connectivity index (χ0v) is 16.2. The number of halogens is 1. The zero-order chi connectivity index (χ0) is 20.3. The Morgan fingerprint density at radius 3 is 2.75 bits per heavy atom. The van der Waals surface area contributed by atoms with Crippen LogP contribution in [0.4, 0.5) is 11.4 Å². The number of hydrogen-bond acceptors (Lipinski definition) is 7. The Kier molecular flexibility index (Phi) is 5.60. The van der Waals surface area contributed by atoms with Crippen molar-refractivity contribution in [3.8, 4) is 17.1 Å². The molecule has 1 aromatic heterocycles. The standard InChI is InChI=1S/C19H17ClN4O4/c1-23(2)16-8-7-12(10-17(16)24(25)26)9-15(20)19-21-18(22-28-19)13-5-4-6-14(11-13)27-3/h4-11H,1-3H3/b15-9-. The molecule has 3 aromatic rings. The van der Waals surface area contributed by atoms with Gasteiger partial charge in [0.2, 0.25) is 5.82 Å². The fourth-order valence-corrected chi connectivity index (χ4v) is 2.77. The Labute approximate surface area is 166 Å². The van der Waals surface area contributed by atoms with E-state index in [2.05, 4.69) is 10.1 Å². The first-order chi connectivity index (χ1) is 13.4. The van der Waals surface area contributed by atoms with Crippen LogP contribution < -0.4 is 9.64 Å². The van der Waals surface area contributed by atoms with Crippen LogP contribution >= 0.6 is 11.6 Å². The van der Waals surface area contributed by atoms with E-state index in [1.54, 1.807) is 44.3 Å². The number of anilines is 1. The van der Waals surface area contributed by atoms with Gasteiger partial charge in [0.25, 0.3) is 11.6 Å². The van der Waals surface area contributed by atoms with E-state index in [9.17, 15) is 10.1 Å². The topological polar surface area (TPSA) is 94.5 Å². The minimum atomic E-state index is -0.436. The average Bonchev–Trinajstić information content (AvgIpc) is 3.18. The SMILES string of the molecule is COc1cccc(-c2noc(/C(Cl)=C/c3ccc(N(C)C)c([N+](=O)[O-])c3)n2)c1. The average molecular weight is 401 g/mol. The summed E-state index contributed by atoms with van der Waals surface area (Å²) in [6, 6.07) is 12.0. The zero-order valence-electron chi connectivity index (χ0n) is 15.4. The molecule has 0 saturated carbocycles. The van der Waals surface area contributed by atoms with Crippen LogP contribution in [0.5, 0.6) is 5.75 Å². The summed E-state index contributed by atoms with van der Waals surface area (Å²) in [6.45, 7) is 0. The molecule has 8 nitrogen and oxygen atoms in total. The highest BCUT2D eigenvalue weighted by molar-refractivity contribution is 6.50. The summed E-state index contributed by atoms with van der Waals surface area (Å²) < 4.78 is 10.4. The molecule has 0 radical (unpaired) electrons. The molecular formula is C19H17ClN4O4. The second kappa shape index (κ2) is 8.10. The first-order valence-electron chi connectivity index (χ1n) is 8.20.